The highest BCUT2D eigenvalue weighted by Crippen LogP contribution is 2.47. The summed E-state index contributed by atoms with van der Waals surface area (Å²) in [6.45, 7) is 0. The van der Waals surface area contributed by atoms with Gasteiger partial charge in [-0.25, -0.2) is 0 Å². The molecular weight excluding hydrogens is 344 g/mol. The van der Waals surface area contributed by atoms with Crippen LogP contribution in [-0.4, -0.2) is 29.2 Å². The van der Waals surface area contributed by atoms with E-state index in [0.29, 0.717) is 0 Å². The molecule has 0 fully saturated rings. The summed E-state index contributed by atoms with van der Waals surface area (Å²) >= 11 is 2.90. The van der Waals surface area contributed by atoms with Gasteiger partial charge in [-0.1, -0.05) is 0 Å². The SMILES string of the molecule is CNC(c1c(Br)cnn1C)C(C(F)(F)F)C(F)(F)F. The van der Waals surface area contributed by atoms with Crippen LogP contribution in [0.15, 0.2) is 10.7 Å². The van der Waals surface area contributed by atoms with E-state index in [1.54, 1.807) is 0 Å². The Bertz CT molecular complexity index is 405. The van der Waals surface area contributed by atoms with Gasteiger partial charge in [-0.05, 0) is 23.0 Å². The average Bonchev–Trinajstić information content (AvgIpc) is 2.51. The van der Waals surface area contributed by atoms with Crippen LogP contribution in [0.1, 0.15) is 11.7 Å². The summed E-state index contributed by atoms with van der Waals surface area (Å²) in [7, 11) is 2.31. The normalized spacial score (nSPS) is 15.1. The Morgan fingerprint density at radius 3 is 1.95 bits per heavy atom. The van der Waals surface area contributed by atoms with E-state index >= 15 is 0 Å². The number of nitrogens with zero attached hydrogens (tertiary/aromatic N) is 2. The Hall–Kier alpha value is -0.770. The van der Waals surface area contributed by atoms with Crippen molar-refractivity contribution in [3.8, 4) is 0 Å². The molecule has 10 heteroatoms. The quantitative estimate of drug-likeness (QED) is 0.846. The molecule has 1 atom stereocenters. The molecule has 0 aliphatic heterocycles. The van der Waals surface area contributed by atoms with E-state index < -0.39 is 24.3 Å². The van der Waals surface area contributed by atoms with Crippen molar-refractivity contribution in [2.75, 3.05) is 7.05 Å². The lowest BCUT2D eigenvalue weighted by Gasteiger charge is -2.30. The molecule has 19 heavy (non-hydrogen) atoms. The van der Waals surface area contributed by atoms with Crippen molar-refractivity contribution in [1.29, 1.82) is 0 Å². The van der Waals surface area contributed by atoms with Crippen LogP contribution in [0.2, 0.25) is 0 Å². The molecule has 0 aliphatic carbocycles. The zero-order chi connectivity index (χ0) is 15.0. The van der Waals surface area contributed by atoms with Gasteiger partial charge in [-0.15, -0.1) is 0 Å². The van der Waals surface area contributed by atoms with Gasteiger partial charge in [0.1, 0.15) is 0 Å². The van der Waals surface area contributed by atoms with E-state index in [4.69, 9.17) is 0 Å². The number of alkyl halides is 6. The molecule has 0 amide bonds. The minimum absolute atomic E-state index is 0.0767. The topological polar surface area (TPSA) is 29.9 Å². The van der Waals surface area contributed by atoms with E-state index in [1.807, 2.05) is 0 Å². The van der Waals surface area contributed by atoms with Crippen molar-refractivity contribution in [3.63, 3.8) is 0 Å². The summed E-state index contributed by atoms with van der Waals surface area (Å²) in [6, 6.07) is -1.98. The van der Waals surface area contributed by atoms with Crippen LogP contribution < -0.4 is 5.32 Å². The molecule has 0 aromatic carbocycles. The Kier molecular flexibility index (Phi) is 4.55. The lowest BCUT2D eigenvalue weighted by atomic mass is 9.95. The Morgan fingerprint density at radius 2 is 1.68 bits per heavy atom. The van der Waals surface area contributed by atoms with Crippen molar-refractivity contribution >= 4 is 15.9 Å². The summed E-state index contributed by atoms with van der Waals surface area (Å²) < 4.78 is 77.3. The molecule has 1 heterocycles. The number of hydrogen-bond donors (Lipinski definition) is 1. The molecule has 0 saturated carbocycles. The largest absolute Gasteiger partial charge is 0.402 e. The molecule has 1 rings (SSSR count). The van der Waals surface area contributed by atoms with Gasteiger partial charge in [0.05, 0.1) is 22.4 Å². The molecule has 0 spiro atoms. The maximum atomic E-state index is 12.7. The first-order valence-corrected chi connectivity index (χ1v) is 5.77. The molecule has 3 nitrogen and oxygen atoms in total. The molecule has 110 valence electrons. The lowest BCUT2D eigenvalue weighted by Crippen LogP contribution is -2.45. The van der Waals surface area contributed by atoms with Gasteiger partial charge in [-0.2, -0.15) is 31.4 Å². The van der Waals surface area contributed by atoms with Gasteiger partial charge in [0.15, 0.2) is 5.92 Å². The molecule has 1 aromatic rings. The lowest BCUT2D eigenvalue weighted by molar-refractivity contribution is -0.292. The van der Waals surface area contributed by atoms with Crippen molar-refractivity contribution in [1.82, 2.24) is 15.1 Å². The smallest absolute Gasteiger partial charge is 0.311 e. The molecule has 1 unspecified atom stereocenters. The van der Waals surface area contributed by atoms with Gasteiger partial charge in [0.2, 0.25) is 0 Å². The van der Waals surface area contributed by atoms with Crippen molar-refractivity contribution in [3.05, 3.63) is 16.4 Å². The van der Waals surface area contributed by atoms with Crippen molar-refractivity contribution < 1.29 is 26.3 Å². The molecule has 0 aliphatic rings. The second-order valence-electron chi connectivity index (χ2n) is 3.83. The van der Waals surface area contributed by atoms with Crippen LogP contribution in [0, 0.1) is 5.92 Å². The van der Waals surface area contributed by atoms with Crippen molar-refractivity contribution in [2.24, 2.45) is 13.0 Å². The van der Waals surface area contributed by atoms with E-state index in [2.05, 4.69) is 26.3 Å². The predicted molar refractivity (Wildman–Crippen MR) is 58.3 cm³/mol. The first-order valence-electron chi connectivity index (χ1n) is 4.98. The number of hydrogen-bond acceptors (Lipinski definition) is 2. The second-order valence-corrected chi connectivity index (χ2v) is 4.68. The van der Waals surface area contributed by atoms with Gasteiger partial charge < -0.3 is 5.32 Å². The monoisotopic (exact) mass is 353 g/mol. The Labute approximate surface area is 113 Å². The highest BCUT2D eigenvalue weighted by Gasteiger charge is 2.61. The van der Waals surface area contributed by atoms with Crippen LogP contribution in [-0.2, 0) is 7.05 Å². The van der Waals surface area contributed by atoms with Gasteiger partial charge in [0, 0.05) is 7.05 Å². The molecule has 1 aromatic heterocycles. The zero-order valence-electron chi connectivity index (χ0n) is 9.77. The fraction of sp³-hybridized carbons (Fsp3) is 0.667. The van der Waals surface area contributed by atoms with E-state index in [9.17, 15) is 26.3 Å². The number of aromatic nitrogens is 2. The fourth-order valence-corrected chi connectivity index (χ4v) is 2.39. The maximum absolute atomic E-state index is 12.7. The minimum atomic E-state index is -5.42. The van der Waals surface area contributed by atoms with E-state index in [-0.39, 0.29) is 10.2 Å². The second kappa shape index (κ2) is 5.31. The first-order chi connectivity index (χ1) is 8.50. The highest BCUT2D eigenvalue weighted by atomic mass is 79.9. The first kappa shape index (κ1) is 16.3. The van der Waals surface area contributed by atoms with Gasteiger partial charge in [0.25, 0.3) is 0 Å². The zero-order valence-corrected chi connectivity index (χ0v) is 11.4. The summed E-state index contributed by atoms with van der Waals surface area (Å²) in [4.78, 5) is 0. The third-order valence-electron chi connectivity index (χ3n) is 2.58. The van der Waals surface area contributed by atoms with Crippen LogP contribution in [0.5, 0.6) is 0 Å². The average molecular weight is 354 g/mol. The van der Waals surface area contributed by atoms with E-state index in [1.165, 1.54) is 7.05 Å². The predicted octanol–water partition coefficient (Wildman–Crippen LogP) is 3.18. The van der Waals surface area contributed by atoms with Crippen LogP contribution in [0.4, 0.5) is 26.3 Å². The highest BCUT2D eigenvalue weighted by molar-refractivity contribution is 9.10. The number of halogens is 7. The van der Waals surface area contributed by atoms with E-state index in [0.717, 1.165) is 17.9 Å². The number of rotatable bonds is 3. The molecule has 0 radical (unpaired) electrons. The third-order valence-corrected chi connectivity index (χ3v) is 3.19. The summed E-state index contributed by atoms with van der Waals surface area (Å²) in [5.74, 6) is -3.52. The van der Waals surface area contributed by atoms with Crippen LogP contribution >= 0.6 is 15.9 Å². The minimum Gasteiger partial charge on any atom is -0.311 e. The van der Waals surface area contributed by atoms with Crippen molar-refractivity contribution in [2.45, 2.75) is 18.4 Å². The summed E-state index contributed by atoms with van der Waals surface area (Å²) in [5, 5.41) is 5.70. The molecule has 0 saturated heterocycles. The number of nitrogens with one attached hydrogen (secondary N) is 1. The summed E-state index contributed by atoms with van der Waals surface area (Å²) in [6.07, 6.45) is -9.70. The Balaban J connectivity index is 3.34. The fourth-order valence-electron chi connectivity index (χ4n) is 1.79. The maximum Gasteiger partial charge on any atom is 0.402 e. The van der Waals surface area contributed by atoms with Crippen LogP contribution in [0.25, 0.3) is 0 Å². The summed E-state index contributed by atoms with van der Waals surface area (Å²) in [5.41, 5.74) is -0.220. The van der Waals surface area contributed by atoms with Crippen LogP contribution in [0.3, 0.4) is 0 Å². The molecule has 0 bridgehead atoms. The standard InChI is InChI=1S/C9H10BrF6N3/c1-17-5(6-4(10)3-18-19(6)2)7(8(11,12)13)9(14,15)16/h3,5,7,17H,1-2H3. The van der Waals surface area contributed by atoms with Gasteiger partial charge in [-0.3, -0.25) is 4.68 Å². The third kappa shape index (κ3) is 3.41. The number of aryl methyl sites for hydroxylation is 1. The van der Waals surface area contributed by atoms with Gasteiger partial charge >= 0.3 is 12.4 Å². The Morgan fingerprint density at radius 1 is 1.21 bits per heavy atom. The molecular formula is C9H10BrF6N3. The molecule has 1 N–H and O–H groups in total.